The number of nitrogens with one attached hydrogen (secondary N) is 2. The van der Waals surface area contributed by atoms with Gasteiger partial charge in [0.1, 0.15) is 5.54 Å². The van der Waals surface area contributed by atoms with Gasteiger partial charge in [-0.2, -0.15) is 0 Å². The number of halogens is 1. The van der Waals surface area contributed by atoms with E-state index < -0.39 is 5.54 Å². The molecule has 3 amide bonds. The normalized spacial score (nSPS) is 17.8. The molecule has 0 saturated carbocycles. The van der Waals surface area contributed by atoms with Crippen LogP contribution in [-0.4, -0.2) is 29.0 Å². The fourth-order valence-electron chi connectivity index (χ4n) is 1.73. The Balaban J connectivity index is 2.03. The number of carbonyl (C=O) groups is 2. The molecule has 1 heterocycles. The van der Waals surface area contributed by atoms with E-state index >= 15 is 0 Å². The molecule has 2 rings (SSSR count). The predicted molar refractivity (Wildman–Crippen MR) is 72.1 cm³/mol. The van der Waals surface area contributed by atoms with Crippen molar-refractivity contribution in [3.63, 3.8) is 0 Å². The lowest BCUT2D eigenvalue weighted by Crippen LogP contribution is -2.41. The summed E-state index contributed by atoms with van der Waals surface area (Å²) in [5, 5.41) is 5.67. The number of anilines is 1. The third kappa shape index (κ3) is 2.48. The van der Waals surface area contributed by atoms with Crippen molar-refractivity contribution >= 4 is 33.6 Å². The molecule has 2 N–H and O–H groups in total. The van der Waals surface area contributed by atoms with Crippen LogP contribution in [0.15, 0.2) is 28.7 Å². The lowest BCUT2D eigenvalue weighted by molar-refractivity contribution is -0.129. The molecule has 1 aromatic rings. The maximum atomic E-state index is 11.9. The van der Waals surface area contributed by atoms with Crippen LogP contribution in [0.1, 0.15) is 13.8 Å². The van der Waals surface area contributed by atoms with Crippen molar-refractivity contribution in [3.05, 3.63) is 28.7 Å². The molecule has 1 saturated heterocycles. The highest BCUT2D eigenvalue weighted by Gasteiger charge is 2.43. The summed E-state index contributed by atoms with van der Waals surface area (Å²) in [6.07, 6.45) is 0. The molecule has 1 fully saturated rings. The van der Waals surface area contributed by atoms with E-state index in [2.05, 4.69) is 26.6 Å². The van der Waals surface area contributed by atoms with Gasteiger partial charge in [0.2, 0.25) is 0 Å². The third-order valence-electron chi connectivity index (χ3n) is 2.71. The number of imide groups is 1. The molecule has 1 aliphatic heterocycles. The van der Waals surface area contributed by atoms with Crippen molar-refractivity contribution in [2.45, 2.75) is 19.4 Å². The summed E-state index contributed by atoms with van der Waals surface area (Å²) in [4.78, 5) is 24.7. The van der Waals surface area contributed by atoms with Crippen LogP contribution in [0.5, 0.6) is 0 Å². The van der Waals surface area contributed by atoms with Crippen LogP contribution in [-0.2, 0) is 4.79 Å². The number of hydrogen-bond acceptors (Lipinski definition) is 3. The second kappa shape index (κ2) is 4.61. The van der Waals surface area contributed by atoms with Crippen molar-refractivity contribution in [2.24, 2.45) is 0 Å². The summed E-state index contributed by atoms with van der Waals surface area (Å²) < 4.78 is 0.935. The van der Waals surface area contributed by atoms with Gasteiger partial charge in [0.25, 0.3) is 5.91 Å². The number of nitrogens with zero attached hydrogens (tertiary/aromatic N) is 1. The molecule has 0 spiro atoms. The Hall–Kier alpha value is -1.56. The van der Waals surface area contributed by atoms with Crippen molar-refractivity contribution in [3.8, 4) is 0 Å². The minimum absolute atomic E-state index is 0.157. The van der Waals surface area contributed by atoms with E-state index in [1.165, 1.54) is 4.90 Å². The van der Waals surface area contributed by atoms with Gasteiger partial charge in [0, 0.05) is 10.2 Å². The monoisotopic (exact) mass is 311 g/mol. The number of carbonyl (C=O) groups excluding carboxylic acids is 2. The average molecular weight is 312 g/mol. The Morgan fingerprint density at radius 3 is 2.67 bits per heavy atom. The van der Waals surface area contributed by atoms with Crippen molar-refractivity contribution in [1.29, 1.82) is 0 Å². The van der Waals surface area contributed by atoms with Crippen LogP contribution >= 0.6 is 15.9 Å². The van der Waals surface area contributed by atoms with E-state index in [9.17, 15) is 9.59 Å². The van der Waals surface area contributed by atoms with E-state index in [1.807, 2.05) is 24.3 Å². The standard InChI is InChI=1S/C12H14BrN3O2/c1-12(2)10(17)16(11(18)15-12)7-14-9-5-3-4-8(13)6-9/h3-6,14H,7H2,1-2H3,(H,15,18). The van der Waals surface area contributed by atoms with Gasteiger partial charge in [-0.25, -0.2) is 9.69 Å². The van der Waals surface area contributed by atoms with E-state index in [-0.39, 0.29) is 18.6 Å². The fourth-order valence-corrected chi connectivity index (χ4v) is 2.13. The Morgan fingerprint density at radius 2 is 2.11 bits per heavy atom. The van der Waals surface area contributed by atoms with Gasteiger partial charge in [0.15, 0.2) is 0 Å². The zero-order valence-corrected chi connectivity index (χ0v) is 11.7. The second-order valence-electron chi connectivity index (χ2n) is 4.63. The molecule has 0 radical (unpaired) electrons. The summed E-state index contributed by atoms with van der Waals surface area (Å²) >= 11 is 3.36. The average Bonchev–Trinajstić information content (AvgIpc) is 2.46. The molecular weight excluding hydrogens is 298 g/mol. The summed E-state index contributed by atoms with van der Waals surface area (Å²) in [7, 11) is 0. The number of benzene rings is 1. The highest BCUT2D eigenvalue weighted by molar-refractivity contribution is 9.10. The summed E-state index contributed by atoms with van der Waals surface area (Å²) in [6.45, 7) is 3.53. The fraction of sp³-hybridized carbons (Fsp3) is 0.333. The topological polar surface area (TPSA) is 61.4 Å². The van der Waals surface area contributed by atoms with Crippen LogP contribution < -0.4 is 10.6 Å². The number of hydrogen-bond donors (Lipinski definition) is 2. The Labute approximate surface area is 114 Å². The summed E-state index contributed by atoms with van der Waals surface area (Å²) in [5.74, 6) is -0.227. The quantitative estimate of drug-likeness (QED) is 0.841. The van der Waals surface area contributed by atoms with Crippen molar-refractivity contribution < 1.29 is 9.59 Å². The van der Waals surface area contributed by atoms with E-state index in [0.29, 0.717) is 0 Å². The Morgan fingerprint density at radius 1 is 1.39 bits per heavy atom. The first kappa shape index (κ1) is 12.9. The molecule has 1 aliphatic rings. The molecule has 0 aromatic heterocycles. The van der Waals surface area contributed by atoms with Crippen LogP contribution in [0.2, 0.25) is 0 Å². The maximum absolute atomic E-state index is 11.9. The lowest BCUT2D eigenvalue weighted by atomic mass is 10.1. The second-order valence-corrected chi connectivity index (χ2v) is 5.55. The molecule has 0 unspecified atom stereocenters. The van der Waals surface area contributed by atoms with E-state index in [0.717, 1.165) is 10.2 Å². The van der Waals surface area contributed by atoms with Crippen LogP contribution in [0.25, 0.3) is 0 Å². The summed E-state index contributed by atoms with van der Waals surface area (Å²) in [6, 6.07) is 7.16. The minimum atomic E-state index is -0.823. The van der Waals surface area contributed by atoms with Gasteiger partial charge in [-0.15, -0.1) is 0 Å². The smallest absolute Gasteiger partial charge is 0.326 e. The highest BCUT2D eigenvalue weighted by atomic mass is 79.9. The molecule has 96 valence electrons. The van der Waals surface area contributed by atoms with Gasteiger partial charge in [-0.05, 0) is 32.0 Å². The van der Waals surface area contributed by atoms with Crippen molar-refractivity contribution in [1.82, 2.24) is 10.2 Å². The lowest BCUT2D eigenvalue weighted by Gasteiger charge is -2.17. The third-order valence-corrected chi connectivity index (χ3v) is 3.20. The molecule has 0 aliphatic carbocycles. The molecule has 5 nitrogen and oxygen atoms in total. The van der Waals surface area contributed by atoms with Gasteiger partial charge < -0.3 is 10.6 Å². The minimum Gasteiger partial charge on any atom is -0.367 e. The highest BCUT2D eigenvalue weighted by Crippen LogP contribution is 2.18. The van der Waals surface area contributed by atoms with Crippen LogP contribution in [0, 0.1) is 0 Å². The molecule has 6 heteroatoms. The molecule has 0 bridgehead atoms. The van der Waals surface area contributed by atoms with Gasteiger partial charge in [0.05, 0.1) is 6.67 Å². The Bertz CT molecular complexity index is 502. The van der Waals surface area contributed by atoms with E-state index in [1.54, 1.807) is 13.8 Å². The zero-order valence-electron chi connectivity index (χ0n) is 10.2. The first-order valence-electron chi connectivity index (χ1n) is 5.54. The molecule has 0 atom stereocenters. The number of urea groups is 1. The van der Waals surface area contributed by atoms with Gasteiger partial charge in [-0.3, -0.25) is 4.79 Å². The summed E-state index contributed by atoms with van der Waals surface area (Å²) in [5.41, 5.74) is 0.0189. The van der Waals surface area contributed by atoms with E-state index in [4.69, 9.17) is 0 Å². The van der Waals surface area contributed by atoms with Crippen molar-refractivity contribution in [2.75, 3.05) is 12.0 Å². The maximum Gasteiger partial charge on any atom is 0.326 e. The van der Waals surface area contributed by atoms with Crippen LogP contribution in [0.3, 0.4) is 0 Å². The number of amides is 3. The first-order valence-corrected chi connectivity index (χ1v) is 6.33. The van der Waals surface area contributed by atoms with Crippen LogP contribution in [0.4, 0.5) is 10.5 Å². The Kier molecular flexibility index (Phi) is 3.30. The molecule has 18 heavy (non-hydrogen) atoms. The number of rotatable bonds is 3. The zero-order chi connectivity index (χ0) is 13.3. The first-order chi connectivity index (χ1) is 8.40. The SMILES string of the molecule is CC1(C)NC(=O)N(CNc2cccc(Br)c2)C1=O. The molecule has 1 aromatic carbocycles. The predicted octanol–water partition coefficient (Wildman–Crippen LogP) is 2.15. The largest absolute Gasteiger partial charge is 0.367 e. The van der Waals surface area contributed by atoms with Gasteiger partial charge in [-0.1, -0.05) is 22.0 Å². The molecular formula is C12H14BrN3O2. The van der Waals surface area contributed by atoms with Gasteiger partial charge >= 0.3 is 6.03 Å².